The molecule has 3 heterocycles. The van der Waals surface area contributed by atoms with E-state index in [1.165, 1.54) is 12.0 Å². The first kappa shape index (κ1) is 19.4. The van der Waals surface area contributed by atoms with Crippen molar-refractivity contribution in [2.75, 3.05) is 12.0 Å². The molecular formula is C23H17ClN2O5. The highest BCUT2D eigenvalue weighted by molar-refractivity contribution is 6.32. The first-order valence-electron chi connectivity index (χ1n) is 9.57. The van der Waals surface area contributed by atoms with Crippen molar-refractivity contribution in [3.8, 4) is 5.75 Å². The molecule has 2 aromatic heterocycles. The van der Waals surface area contributed by atoms with Crippen LogP contribution in [0.15, 0.2) is 56.2 Å². The van der Waals surface area contributed by atoms with Crippen molar-refractivity contribution in [1.82, 2.24) is 5.16 Å². The van der Waals surface area contributed by atoms with Crippen molar-refractivity contribution in [1.29, 1.82) is 0 Å². The Kier molecular flexibility index (Phi) is 4.37. The Balaban J connectivity index is 1.86. The topological polar surface area (TPSA) is 85.8 Å². The fourth-order valence-corrected chi connectivity index (χ4v) is 4.15. The number of anilines is 1. The van der Waals surface area contributed by atoms with Crippen LogP contribution >= 0.6 is 11.6 Å². The third-order valence-electron chi connectivity index (χ3n) is 5.45. The van der Waals surface area contributed by atoms with Crippen LogP contribution in [0.2, 0.25) is 5.02 Å². The van der Waals surface area contributed by atoms with Crippen LogP contribution < -0.4 is 15.1 Å². The second-order valence-corrected chi connectivity index (χ2v) is 7.79. The summed E-state index contributed by atoms with van der Waals surface area (Å²) in [6.45, 7) is 3.53. The maximum Gasteiger partial charge on any atom is 0.296 e. The Morgan fingerprint density at radius 3 is 2.61 bits per heavy atom. The number of hydrogen-bond acceptors (Lipinski definition) is 6. The minimum atomic E-state index is -0.802. The van der Waals surface area contributed by atoms with Crippen LogP contribution in [0.3, 0.4) is 0 Å². The van der Waals surface area contributed by atoms with E-state index in [0.717, 1.165) is 5.56 Å². The van der Waals surface area contributed by atoms with Gasteiger partial charge < -0.3 is 13.7 Å². The number of para-hydroxylation sites is 1. The molecule has 1 amide bonds. The molecule has 0 spiro atoms. The van der Waals surface area contributed by atoms with E-state index in [-0.39, 0.29) is 22.6 Å². The van der Waals surface area contributed by atoms with Gasteiger partial charge in [0, 0.05) is 16.7 Å². The summed E-state index contributed by atoms with van der Waals surface area (Å²) in [5.41, 5.74) is 1.55. The normalized spacial score (nSPS) is 15.5. The molecule has 1 aliphatic heterocycles. The first-order chi connectivity index (χ1) is 14.9. The molecule has 1 unspecified atom stereocenters. The molecule has 1 aliphatic rings. The van der Waals surface area contributed by atoms with Gasteiger partial charge in [-0.05, 0) is 37.6 Å². The number of carbonyl (C=O) groups excluding carboxylic acids is 1. The van der Waals surface area contributed by atoms with Gasteiger partial charge in [-0.1, -0.05) is 35.0 Å². The highest BCUT2D eigenvalue weighted by Gasteiger charge is 2.45. The van der Waals surface area contributed by atoms with E-state index in [1.54, 1.807) is 44.2 Å². The molecule has 1 atom stereocenters. The average Bonchev–Trinajstić information content (AvgIpc) is 3.30. The molecule has 5 rings (SSSR count). The number of amides is 1. The lowest BCUT2D eigenvalue weighted by Crippen LogP contribution is -2.30. The summed E-state index contributed by atoms with van der Waals surface area (Å²) in [5, 5.41) is 4.77. The summed E-state index contributed by atoms with van der Waals surface area (Å²) < 4.78 is 16.7. The Labute approximate surface area is 181 Å². The molecule has 2 aromatic carbocycles. The zero-order valence-electron chi connectivity index (χ0n) is 16.9. The van der Waals surface area contributed by atoms with Crippen LogP contribution in [-0.4, -0.2) is 18.2 Å². The molecule has 31 heavy (non-hydrogen) atoms. The Morgan fingerprint density at radius 1 is 1.13 bits per heavy atom. The summed E-state index contributed by atoms with van der Waals surface area (Å²) in [4.78, 5) is 28.5. The van der Waals surface area contributed by atoms with Gasteiger partial charge in [0.15, 0.2) is 11.2 Å². The van der Waals surface area contributed by atoms with Gasteiger partial charge >= 0.3 is 0 Å². The van der Waals surface area contributed by atoms with Crippen molar-refractivity contribution in [2.24, 2.45) is 0 Å². The first-order valence-corrected chi connectivity index (χ1v) is 9.95. The second kappa shape index (κ2) is 6.99. The molecule has 0 radical (unpaired) electrons. The zero-order valence-corrected chi connectivity index (χ0v) is 17.7. The molecule has 156 valence electrons. The van der Waals surface area contributed by atoms with Crippen LogP contribution in [-0.2, 0) is 0 Å². The maximum atomic E-state index is 13.6. The third kappa shape index (κ3) is 2.84. The molecular weight excluding hydrogens is 420 g/mol. The van der Waals surface area contributed by atoms with Crippen molar-refractivity contribution >= 4 is 34.3 Å². The van der Waals surface area contributed by atoms with E-state index in [0.29, 0.717) is 33.1 Å². The van der Waals surface area contributed by atoms with Gasteiger partial charge in [-0.2, -0.15) is 0 Å². The van der Waals surface area contributed by atoms with E-state index in [4.69, 9.17) is 25.3 Å². The monoisotopic (exact) mass is 436 g/mol. The predicted molar refractivity (Wildman–Crippen MR) is 115 cm³/mol. The number of rotatable bonds is 3. The highest BCUT2D eigenvalue weighted by Crippen LogP contribution is 2.43. The summed E-state index contributed by atoms with van der Waals surface area (Å²) in [6, 6.07) is 11.3. The number of aromatic nitrogens is 1. The van der Waals surface area contributed by atoms with E-state index in [1.807, 2.05) is 12.1 Å². The van der Waals surface area contributed by atoms with Gasteiger partial charge in [-0.25, -0.2) is 0 Å². The molecule has 8 heteroatoms. The number of carbonyl (C=O) groups is 1. The number of benzene rings is 2. The number of nitrogens with zero attached hydrogens (tertiary/aromatic N) is 2. The number of halogens is 1. The smallest absolute Gasteiger partial charge is 0.296 e. The number of methoxy groups -OCH3 is 1. The Morgan fingerprint density at radius 2 is 1.90 bits per heavy atom. The Bertz CT molecular complexity index is 1420. The fourth-order valence-electron chi connectivity index (χ4n) is 3.98. The SMILES string of the molecule is COc1ccccc1C1c2c(oc3cc(C)c(Cl)cc3c2=O)C(=O)N1c1cc(C)on1. The quantitative estimate of drug-likeness (QED) is 0.458. The molecule has 7 nitrogen and oxygen atoms in total. The lowest BCUT2D eigenvalue weighted by molar-refractivity contribution is 0.0969. The van der Waals surface area contributed by atoms with Gasteiger partial charge in [0.05, 0.1) is 18.1 Å². The summed E-state index contributed by atoms with van der Waals surface area (Å²) in [7, 11) is 1.53. The number of ether oxygens (including phenoxy) is 1. The van der Waals surface area contributed by atoms with Crippen LogP contribution in [0.5, 0.6) is 5.75 Å². The second-order valence-electron chi connectivity index (χ2n) is 7.39. The third-order valence-corrected chi connectivity index (χ3v) is 5.85. The lowest BCUT2D eigenvalue weighted by Gasteiger charge is -2.23. The molecule has 0 fully saturated rings. The van der Waals surface area contributed by atoms with Gasteiger partial charge in [0.2, 0.25) is 5.76 Å². The predicted octanol–water partition coefficient (Wildman–Crippen LogP) is 4.81. The Hall–Kier alpha value is -3.58. The lowest BCUT2D eigenvalue weighted by atomic mass is 9.97. The molecule has 4 aromatic rings. The summed E-state index contributed by atoms with van der Waals surface area (Å²) in [5.74, 6) is 0.827. The van der Waals surface area contributed by atoms with Crippen LogP contribution in [0.1, 0.15) is 39.0 Å². The fraction of sp³-hybridized carbons (Fsp3) is 0.174. The zero-order chi connectivity index (χ0) is 21.9. The van der Waals surface area contributed by atoms with Crippen molar-refractivity contribution < 1.29 is 18.5 Å². The van der Waals surface area contributed by atoms with Crippen LogP contribution in [0, 0.1) is 13.8 Å². The van der Waals surface area contributed by atoms with E-state index in [2.05, 4.69) is 5.16 Å². The molecule has 0 saturated heterocycles. The number of aryl methyl sites for hydroxylation is 2. The molecule has 0 aliphatic carbocycles. The summed E-state index contributed by atoms with van der Waals surface area (Å²) >= 11 is 6.27. The van der Waals surface area contributed by atoms with E-state index >= 15 is 0 Å². The minimum Gasteiger partial charge on any atom is -0.496 e. The maximum absolute atomic E-state index is 13.6. The molecule has 0 bridgehead atoms. The van der Waals surface area contributed by atoms with Crippen molar-refractivity contribution in [3.05, 3.63) is 85.9 Å². The van der Waals surface area contributed by atoms with Crippen LogP contribution in [0.25, 0.3) is 11.0 Å². The highest BCUT2D eigenvalue weighted by atomic mass is 35.5. The van der Waals surface area contributed by atoms with E-state index < -0.39 is 11.9 Å². The average molecular weight is 437 g/mol. The number of fused-ring (bicyclic) bond motifs is 2. The number of hydrogen-bond donors (Lipinski definition) is 0. The largest absolute Gasteiger partial charge is 0.496 e. The van der Waals surface area contributed by atoms with E-state index in [9.17, 15) is 9.59 Å². The van der Waals surface area contributed by atoms with Crippen molar-refractivity contribution in [3.63, 3.8) is 0 Å². The van der Waals surface area contributed by atoms with Gasteiger partial charge in [0.25, 0.3) is 5.91 Å². The molecule has 0 N–H and O–H groups in total. The molecule has 0 saturated carbocycles. The van der Waals surface area contributed by atoms with Crippen molar-refractivity contribution in [2.45, 2.75) is 19.9 Å². The van der Waals surface area contributed by atoms with Gasteiger partial charge in [-0.3, -0.25) is 14.5 Å². The van der Waals surface area contributed by atoms with Gasteiger partial charge in [-0.15, -0.1) is 0 Å². The standard InChI is InChI=1S/C23H17ClN2O5/c1-11-8-17-14(10-15(11)24)21(27)19-20(13-6-4-5-7-16(13)29-3)26(23(28)22(19)30-17)18-9-12(2)31-25-18/h4-10,20H,1-3H3. The summed E-state index contributed by atoms with van der Waals surface area (Å²) in [6.07, 6.45) is 0. The minimum absolute atomic E-state index is 0.0317. The van der Waals surface area contributed by atoms with Gasteiger partial charge in [0.1, 0.15) is 23.1 Å². The van der Waals surface area contributed by atoms with Crippen LogP contribution in [0.4, 0.5) is 5.82 Å².